The van der Waals surface area contributed by atoms with Gasteiger partial charge in [0.25, 0.3) is 11.5 Å². The molecule has 3 aromatic heterocycles. The first-order valence-electron chi connectivity index (χ1n) is 10.6. The fourth-order valence-electron chi connectivity index (χ4n) is 4.15. The van der Waals surface area contributed by atoms with Crippen molar-refractivity contribution in [1.29, 1.82) is 0 Å². The summed E-state index contributed by atoms with van der Waals surface area (Å²) in [7, 11) is 0. The molecule has 0 aliphatic carbocycles. The molecule has 0 unspecified atom stereocenters. The maximum absolute atomic E-state index is 13.3. The molecule has 3 heterocycles. The number of rotatable bonds is 4. The third-order valence-electron chi connectivity index (χ3n) is 5.73. The SMILES string of the molecule is Cc1sc2ncn(NC(=O)c3ccc(-n4c(C)ccc4C)cc3)c(=O)c2c1-c1ccccc1. The van der Waals surface area contributed by atoms with Gasteiger partial charge >= 0.3 is 0 Å². The Morgan fingerprint density at radius 2 is 1.58 bits per heavy atom. The lowest BCUT2D eigenvalue weighted by molar-refractivity contribution is 0.101. The molecule has 0 aliphatic rings. The quantitative estimate of drug-likeness (QED) is 0.405. The van der Waals surface area contributed by atoms with Crippen LogP contribution in [0.5, 0.6) is 0 Å². The molecule has 0 fully saturated rings. The Labute approximate surface area is 194 Å². The molecule has 7 heteroatoms. The lowest BCUT2D eigenvalue weighted by Crippen LogP contribution is -2.33. The van der Waals surface area contributed by atoms with E-state index in [0.29, 0.717) is 15.8 Å². The van der Waals surface area contributed by atoms with Gasteiger partial charge in [-0.2, -0.15) is 0 Å². The van der Waals surface area contributed by atoms with Gasteiger partial charge in [0.05, 0.1) is 5.39 Å². The van der Waals surface area contributed by atoms with Crippen LogP contribution in [0.2, 0.25) is 0 Å². The molecule has 6 nitrogen and oxygen atoms in total. The first-order chi connectivity index (χ1) is 15.9. The molecule has 164 valence electrons. The zero-order valence-electron chi connectivity index (χ0n) is 18.5. The third kappa shape index (κ3) is 3.66. The average molecular weight is 455 g/mol. The molecule has 5 aromatic rings. The number of nitrogens with one attached hydrogen (secondary N) is 1. The first-order valence-corrected chi connectivity index (χ1v) is 11.4. The smallest absolute Gasteiger partial charge is 0.281 e. The summed E-state index contributed by atoms with van der Waals surface area (Å²) >= 11 is 1.47. The van der Waals surface area contributed by atoms with Gasteiger partial charge in [-0.1, -0.05) is 30.3 Å². The number of thiophene rings is 1. The Balaban J connectivity index is 1.48. The van der Waals surface area contributed by atoms with E-state index in [1.807, 2.05) is 63.2 Å². The Kier molecular flexibility index (Phi) is 5.18. The van der Waals surface area contributed by atoms with Crippen molar-refractivity contribution in [1.82, 2.24) is 14.2 Å². The van der Waals surface area contributed by atoms with Crippen molar-refractivity contribution in [2.45, 2.75) is 20.8 Å². The summed E-state index contributed by atoms with van der Waals surface area (Å²) in [5.74, 6) is -0.376. The predicted octanol–water partition coefficient (Wildman–Crippen LogP) is 5.22. The van der Waals surface area contributed by atoms with Gasteiger partial charge in [-0.15, -0.1) is 11.3 Å². The molecule has 1 amide bonds. The molecule has 0 saturated heterocycles. The van der Waals surface area contributed by atoms with Crippen LogP contribution in [0.25, 0.3) is 27.0 Å². The highest BCUT2D eigenvalue weighted by Gasteiger charge is 2.18. The first kappa shape index (κ1) is 20.9. The zero-order chi connectivity index (χ0) is 23.1. The summed E-state index contributed by atoms with van der Waals surface area (Å²) in [5.41, 5.74) is 7.88. The average Bonchev–Trinajstić information content (AvgIpc) is 3.34. The van der Waals surface area contributed by atoms with Crippen LogP contribution < -0.4 is 11.0 Å². The van der Waals surface area contributed by atoms with Crippen molar-refractivity contribution in [2.75, 3.05) is 5.43 Å². The van der Waals surface area contributed by atoms with Crippen LogP contribution in [0.1, 0.15) is 26.6 Å². The van der Waals surface area contributed by atoms with E-state index in [2.05, 4.69) is 27.1 Å². The van der Waals surface area contributed by atoms with E-state index in [4.69, 9.17) is 0 Å². The van der Waals surface area contributed by atoms with Crippen LogP contribution >= 0.6 is 11.3 Å². The van der Waals surface area contributed by atoms with E-state index in [1.54, 1.807) is 12.1 Å². The lowest BCUT2D eigenvalue weighted by atomic mass is 10.0. The number of benzene rings is 2. The van der Waals surface area contributed by atoms with Gasteiger partial charge in [-0.3, -0.25) is 15.0 Å². The second-order valence-corrected chi connectivity index (χ2v) is 9.14. The van der Waals surface area contributed by atoms with Crippen molar-refractivity contribution in [3.8, 4) is 16.8 Å². The maximum atomic E-state index is 13.3. The standard InChI is InChI=1S/C26H22N4O2S/c1-16-9-10-17(2)30(16)21-13-11-20(12-14-21)24(31)28-29-15-27-25-23(26(29)32)22(18(3)33-25)19-7-5-4-6-8-19/h4-15H,1-3H3,(H,28,31). The van der Waals surface area contributed by atoms with E-state index < -0.39 is 0 Å². The minimum Gasteiger partial charge on any atom is -0.319 e. The molecule has 0 aliphatic heterocycles. The zero-order valence-corrected chi connectivity index (χ0v) is 19.3. The van der Waals surface area contributed by atoms with Crippen molar-refractivity contribution < 1.29 is 4.79 Å². The molecule has 0 atom stereocenters. The van der Waals surface area contributed by atoms with E-state index in [-0.39, 0.29) is 11.5 Å². The highest BCUT2D eigenvalue weighted by molar-refractivity contribution is 7.19. The second kappa shape index (κ2) is 8.18. The van der Waals surface area contributed by atoms with Crippen molar-refractivity contribution in [3.63, 3.8) is 0 Å². The summed E-state index contributed by atoms with van der Waals surface area (Å²) in [5, 5.41) is 0.514. The van der Waals surface area contributed by atoms with Crippen molar-refractivity contribution in [2.24, 2.45) is 0 Å². The molecule has 0 spiro atoms. The van der Waals surface area contributed by atoms with Crippen LogP contribution in [-0.4, -0.2) is 20.1 Å². The number of amides is 1. The molecule has 5 rings (SSSR count). The monoisotopic (exact) mass is 454 g/mol. The van der Waals surface area contributed by atoms with Gasteiger partial charge in [0.1, 0.15) is 11.2 Å². The van der Waals surface area contributed by atoms with Gasteiger partial charge in [0, 0.05) is 33.1 Å². The number of hydrogen-bond acceptors (Lipinski definition) is 4. The summed E-state index contributed by atoms with van der Waals surface area (Å²) < 4.78 is 3.28. The van der Waals surface area contributed by atoms with Gasteiger partial charge in [0.2, 0.25) is 0 Å². The highest BCUT2D eigenvalue weighted by Crippen LogP contribution is 2.35. The molecule has 1 N–H and O–H groups in total. The second-order valence-electron chi connectivity index (χ2n) is 7.94. The predicted molar refractivity (Wildman–Crippen MR) is 133 cm³/mol. The van der Waals surface area contributed by atoms with Gasteiger partial charge < -0.3 is 4.57 Å². The Hall–Kier alpha value is -3.97. The fourth-order valence-corrected chi connectivity index (χ4v) is 5.15. The van der Waals surface area contributed by atoms with E-state index in [1.165, 1.54) is 17.7 Å². The van der Waals surface area contributed by atoms with Crippen LogP contribution in [0.3, 0.4) is 0 Å². The highest BCUT2D eigenvalue weighted by atomic mass is 32.1. The minimum absolute atomic E-state index is 0.299. The molecule has 33 heavy (non-hydrogen) atoms. The number of hydrogen-bond donors (Lipinski definition) is 1. The molecular weight excluding hydrogens is 432 g/mol. The van der Waals surface area contributed by atoms with E-state index >= 15 is 0 Å². The van der Waals surface area contributed by atoms with Crippen LogP contribution in [0.4, 0.5) is 0 Å². The number of nitrogens with zero attached hydrogens (tertiary/aromatic N) is 3. The largest absolute Gasteiger partial charge is 0.319 e. The summed E-state index contributed by atoms with van der Waals surface area (Å²) in [6.45, 7) is 6.06. The summed E-state index contributed by atoms with van der Waals surface area (Å²) in [6.07, 6.45) is 1.37. The normalized spacial score (nSPS) is 11.1. The number of carbonyl (C=O) groups excluding carboxylic acids is 1. The Morgan fingerprint density at radius 1 is 0.909 bits per heavy atom. The fraction of sp³-hybridized carbons (Fsp3) is 0.115. The van der Waals surface area contributed by atoms with Crippen molar-refractivity contribution in [3.05, 3.63) is 105 Å². The van der Waals surface area contributed by atoms with Gasteiger partial charge in [-0.25, -0.2) is 9.66 Å². The number of aromatic nitrogens is 3. The topological polar surface area (TPSA) is 68.9 Å². The summed E-state index contributed by atoms with van der Waals surface area (Å²) in [6, 6.07) is 21.2. The van der Waals surface area contributed by atoms with Crippen LogP contribution in [-0.2, 0) is 0 Å². The molecule has 0 saturated carbocycles. The van der Waals surface area contributed by atoms with E-state index in [9.17, 15) is 9.59 Å². The molecule has 0 bridgehead atoms. The van der Waals surface area contributed by atoms with Gasteiger partial charge in [0.15, 0.2) is 0 Å². The van der Waals surface area contributed by atoms with Crippen LogP contribution in [0.15, 0.2) is 77.9 Å². The molecule has 0 radical (unpaired) electrons. The summed E-state index contributed by atoms with van der Waals surface area (Å²) in [4.78, 5) is 32.3. The van der Waals surface area contributed by atoms with Crippen molar-refractivity contribution >= 4 is 27.5 Å². The maximum Gasteiger partial charge on any atom is 0.281 e. The third-order valence-corrected chi connectivity index (χ3v) is 6.75. The Morgan fingerprint density at radius 3 is 2.24 bits per heavy atom. The van der Waals surface area contributed by atoms with Gasteiger partial charge in [-0.05, 0) is 62.7 Å². The van der Waals surface area contributed by atoms with E-state index in [0.717, 1.165) is 37.8 Å². The molecular formula is C26H22N4O2S. The molecule has 2 aromatic carbocycles. The number of fused-ring (bicyclic) bond motifs is 1. The number of aryl methyl sites for hydroxylation is 3. The lowest BCUT2D eigenvalue weighted by Gasteiger charge is -2.11. The van der Waals surface area contributed by atoms with Crippen LogP contribution in [0, 0.1) is 20.8 Å². The minimum atomic E-state index is -0.376. The number of carbonyl (C=O) groups is 1. The Bertz CT molecular complexity index is 1520.